The first-order chi connectivity index (χ1) is 8.15. The van der Waals surface area contributed by atoms with Gasteiger partial charge in [0.15, 0.2) is 0 Å². The van der Waals surface area contributed by atoms with Crippen molar-refractivity contribution in [2.45, 2.75) is 26.4 Å². The van der Waals surface area contributed by atoms with Gasteiger partial charge in [-0.05, 0) is 31.5 Å². The molecule has 0 bridgehead atoms. The highest BCUT2D eigenvalue weighted by atomic mass is 32.1. The van der Waals surface area contributed by atoms with E-state index in [-0.39, 0.29) is 6.04 Å². The molecule has 0 amide bonds. The third-order valence-electron chi connectivity index (χ3n) is 2.60. The van der Waals surface area contributed by atoms with Gasteiger partial charge in [-0.1, -0.05) is 12.1 Å². The fraction of sp³-hybridized carbons (Fsp3) is 0.308. The smallest absolute Gasteiger partial charge is 0.110 e. The minimum absolute atomic E-state index is 0.284. The Morgan fingerprint density at radius 1 is 1.35 bits per heavy atom. The average molecular weight is 247 g/mol. The minimum atomic E-state index is 0.284. The first-order valence-corrected chi connectivity index (χ1v) is 6.53. The molecule has 0 aliphatic heterocycles. The standard InChI is InChI=1S/C13H17N3S/c1-9-8-17-13(16-9)10(2)15-7-11-3-5-12(14)6-4-11/h3-6,8,10,15H,7,14H2,1-2H3. The van der Waals surface area contributed by atoms with Crippen LogP contribution in [0, 0.1) is 6.92 Å². The number of rotatable bonds is 4. The molecule has 0 aliphatic carbocycles. The Labute approximate surface area is 106 Å². The number of thiazole rings is 1. The van der Waals surface area contributed by atoms with E-state index in [1.54, 1.807) is 11.3 Å². The molecule has 0 radical (unpaired) electrons. The van der Waals surface area contributed by atoms with Gasteiger partial charge in [0.05, 0.1) is 6.04 Å². The number of nitrogens with two attached hydrogens (primary N) is 1. The number of nitrogen functional groups attached to an aromatic ring is 1. The Balaban J connectivity index is 1.92. The van der Waals surface area contributed by atoms with Gasteiger partial charge < -0.3 is 11.1 Å². The molecule has 3 nitrogen and oxygen atoms in total. The fourth-order valence-electron chi connectivity index (χ4n) is 1.56. The van der Waals surface area contributed by atoms with Crippen LogP contribution in [0.1, 0.15) is 29.2 Å². The lowest BCUT2D eigenvalue weighted by Gasteiger charge is -2.11. The summed E-state index contributed by atoms with van der Waals surface area (Å²) in [5.41, 5.74) is 8.78. The number of hydrogen-bond donors (Lipinski definition) is 2. The lowest BCUT2D eigenvalue weighted by atomic mass is 10.2. The van der Waals surface area contributed by atoms with Crippen molar-refractivity contribution in [2.75, 3.05) is 5.73 Å². The SMILES string of the molecule is Cc1csc(C(C)NCc2ccc(N)cc2)n1. The summed E-state index contributed by atoms with van der Waals surface area (Å²) in [5.74, 6) is 0. The minimum Gasteiger partial charge on any atom is -0.399 e. The van der Waals surface area contributed by atoms with E-state index in [0.29, 0.717) is 0 Å². The molecule has 17 heavy (non-hydrogen) atoms. The Kier molecular flexibility index (Phi) is 3.76. The normalized spacial score (nSPS) is 12.6. The van der Waals surface area contributed by atoms with E-state index >= 15 is 0 Å². The molecule has 90 valence electrons. The molecule has 2 rings (SSSR count). The molecule has 1 aromatic heterocycles. The highest BCUT2D eigenvalue weighted by molar-refractivity contribution is 7.09. The Morgan fingerprint density at radius 3 is 2.65 bits per heavy atom. The zero-order valence-electron chi connectivity index (χ0n) is 10.1. The van der Waals surface area contributed by atoms with Crippen LogP contribution in [-0.4, -0.2) is 4.98 Å². The van der Waals surface area contributed by atoms with Crippen molar-refractivity contribution < 1.29 is 0 Å². The van der Waals surface area contributed by atoms with Crippen LogP contribution in [0.3, 0.4) is 0 Å². The summed E-state index contributed by atoms with van der Waals surface area (Å²) in [6.07, 6.45) is 0. The first kappa shape index (κ1) is 12.1. The van der Waals surface area contributed by atoms with E-state index in [1.165, 1.54) is 5.56 Å². The van der Waals surface area contributed by atoms with Crippen LogP contribution in [-0.2, 0) is 6.54 Å². The van der Waals surface area contributed by atoms with Crippen molar-refractivity contribution in [1.82, 2.24) is 10.3 Å². The number of benzene rings is 1. The molecule has 1 atom stereocenters. The molecule has 1 heterocycles. The summed E-state index contributed by atoms with van der Waals surface area (Å²) < 4.78 is 0. The quantitative estimate of drug-likeness (QED) is 0.817. The number of nitrogens with zero attached hydrogens (tertiary/aromatic N) is 1. The summed E-state index contributed by atoms with van der Waals surface area (Å²) >= 11 is 1.70. The second-order valence-corrected chi connectivity index (χ2v) is 5.06. The fourth-order valence-corrected chi connectivity index (χ4v) is 2.39. The first-order valence-electron chi connectivity index (χ1n) is 5.65. The molecular weight excluding hydrogens is 230 g/mol. The zero-order valence-corrected chi connectivity index (χ0v) is 10.9. The predicted octanol–water partition coefficient (Wildman–Crippen LogP) is 2.88. The molecule has 4 heteroatoms. The van der Waals surface area contributed by atoms with Crippen molar-refractivity contribution in [1.29, 1.82) is 0 Å². The lowest BCUT2D eigenvalue weighted by molar-refractivity contribution is 0.571. The van der Waals surface area contributed by atoms with Crippen molar-refractivity contribution >= 4 is 17.0 Å². The zero-order chi connectivity index (χ0) is 12.3. The molecular formula is C13H17N3S. The monoisotopic (exact) mass is 247 g/mol. The summed E-state index contributed by atoms with van der Waals surface area (Å²) in [7, 11) is 0. The molecule has 1 unspecified atom stereocenters. The van der Waals surface area contributed by atoms with Gasteiger partial charge in [0, 0.05) is 23.3 Å². The second-order valence-electron chi connectivity index (χ2n) is 4.17. The maximum atomic E-state index is 5.65. The van der Waals surface area contributed by atoms with Gasteiger partial charge in [-0.2, -0.15) is 0 Å². The van der Waals surface area contributed by atoms with E-state index < -0.39 is 0 Å². The van der Waals surface area contributed by atoms with Crippen molar-refractivity contribution in [3.63, 3.8) is 0 Å². The highest BCUT2D eigenvalue weighted by Crippen LogP contribution is 2.18. The van der Waals surface area contributed by atoms with Crippen molar-refractivity contribution in [3.8, 4) is 0 Å². The average Bonchev–Trinajstić information content (AvgIpc) is 2.75. The molecule has 0 aliphatic rings. The lowest BCUT2D eigenvalue weighted by Crippen LogP contribution is -2.17. The third kappa shape index (κ3) is 3.28. The van der Waals surface area contributed by atoms with Crippen LogP contribution >= 0.6 is 11.3 Å². The van der Waals surface area contributed by atoms with E-state index in [2.05, 4.69) is 22.6 Å². The highest BCUT2D eigenvalue weighted by Gasteiger charge is 2.08. The molecule has 0 saturated heterocycles. The maximum Gasteiger partial charge on any atom is 0.110 e. The topological polar surface area (TPSA) is 50.9 Å². The maximum absolute atomic E-state index is 5.65. The third-order valence-corrected chi connectivity index (χ3v) is 3.74. The van der Waals surface area contributed by atoms with Crippen LogP contribution in [0.4, 0.5) is 5.69 Å². The Bertz CT molecular complexity index is 476. The van der Waals surface area contributed by atoms with Gasteiger partial charge in [-0.15, -0.1) is 11.3 Å². The van der Waals surface area contributed by atoms with Gasteiger partial charge in [0.2, 0.25) is 0 Å². The molecule has 0 saturated carbocycles. The summed E-state index contributed by atoms with van der Waals surface area (Å²) in [6, 6.07) is 8.22. The van der Waals surface area contributed by atoms with Gasteiger partial charge >= 0.3 is 0 Å². The van der Waals surface area contributed by atoms with E-state index in [0.717, 1.165) is 22.9 Å². The largest absolute Gasteiger partial charge is 0.399 e. The van der Waals surface area contributed by atoms with Gasteiger partial charge in [0.1, 0.15) is 5.01 Å². The number of hydrogen-bond acceptors (Lipinski definition) is 4. The van der Waals surface area contributed by atoms with Crippen LogP contribution in [0.25, 0.3) is 0 Å². The summed E-state index contributed by atoms with van der Waals surface area (Å²) in [4.78, 5) is 4.47. The number of aromatic nitrogens is 1. The number of nitrogens with one attached hydrogen (secondary N) is 1. The Morgan fingerprint density at radius 2 is 2.06 bits per heavy atom. The molecule has 0 spiro atoms. The Hall–Kier alpha value is -1.39. The number of anilines is 1. The molecule has 0 fully saturated rings. The van der Waals surface area contributed by atoms with E-state index in [9.17, 15) is 0 Å². The summed E-state index contributed by atoms with van der Waals surface area (Å²) in [5, 5.41) is 6.67. The van der Waals surface area contributed by atoms with Gasteiger partial charge in [0.25, 0.3) is 0 Å². The second kappa shape index (κ2) is 5.29. The van der Waals surface area contributed by atoms with Crippen LogP contribution in [0.2, 0.25) is 0 Å². The van der Waals surface area contributed by atoms with Crippen LogP contribution < -0.4 is 11.1 Å². The van der Waals surface area contributed by atoms with Gasteiger partial charge in [-0.25, -0.2) is 4.98 Å². The summed E-state index contributed by atoms with van der Waals surface area (Å²) in [6.45, 7) is 4.99. The van der Waals surface area contributed by atoms with Crippen LogP contribution in [0.5, 0.6) is 0 Å². The van der Waals surface area contributed by atoms with Crippen molar-refractivity contribution in [3.05, 3.63) is 45.9 Å². The van der Waals surface area contributed by atoms with Crippen LogP contribution in [0.15, 0.2) is 29.6 Å². The van der Waals surface area contributed by atoms with Crippen molar-refractivity contribution in [2.24, 2.45) is 0 Å². The van der Waals surface area contributed by atoms with E-state index in [1.807, 2.05) is 31.2 Å². The number of aryl methyl sites for hydroxylation is 1. The predicted molar refractivity (Wildman–Crippen MR) is 73.0 cm³/mol. The molecule has 3 N–H and O–H groups in total. The van der Waals surface area contributed by atoms with E-state index in [4.69, 9.17) is 5.73 Å². The van der Waals surface area contributed by atoms with Gasteiger partial charge in [-0.3, -0.25) is 0 Å². The molecule has 2 aromatic rings. The molecule has 1 aromatic carbocycles.